The molecule has 2 aliphatic rings. The summed E-state index contributed by atoms with van der Waals surface area (Å²) in [4.78, 5) is 34.0. The number of fused-ring (bicyclic) bond motifs is 4. The van der Waals surface area contributed by atoms with Gasteiger partial charge in [0, 0.05) is 34.0 Å². The monoisotopic (exact) mass is 510 g/mol. The molecule has 0 unspecified atom stereocenters. The third-order valence-corrected chi connectivity index (χ3v) is 7.29. The quantitative estimate of drug-likeness (QED) is 0.340. The minimum Gasteiger partial charge on any atom is -0.508 e. The molecule has 0 bridgehead atoms. The van der Waals surface area contributed by atoms with Gasteiger partial charge >= 0.3 is 6.03 Å². The predicted octanol–water partition coefficient (Wildman–Crippen LogP) is 4.30. The number of rotatable bonds is 6. The Morgan fingerprint density at radius 1 is 1.24 bits per heavy atom. The molecule has 5 rings (SSSR count). The zero-order valence-corrected chi connectivity index (χ0v) is 20.3. The number of aromatic hydroxyl groups is 1. The second kappa shape index (κ2) is 8.18. The number of aromatic amines is 1. The number of hydrogen-bond donors (Lipinski definition) is 3. The average molecular weight is 511 g/mol. The Bertz CT molecular complexity index is 1260. The van der Waals surface area contributed by atoms with E-state index < -0.39 is 11.6 Å². The smallest absolute Gasteiger partial charge is 0.328 e. The normalized spacial score (nSPS) is 22.2. The summed E-state index contributed by atoms with van der Waals surface area (Å²) >= 11 is 3.56. The summed E-state index contributed by atoms with van der Waals surface area (Å²) in [7, 11) is 0. The van der Waals surface area contributed by atoms with E-state index in [-0.39, 0.29) is 17.7 Å². The van der Waals surface area contributed by atoms with Crippen molar-refractivity contribution < 1.29 is 14.7 Å². The lowest BCUT2D eigenvalue weighted by molar-refractivity contribution is -0.133. The Morgan fingerprint density at radius 2 is 2.06 bits per heavy atom. The van der Waals surface area contributed by atoms with Crippen LogP contribution in [0.3, 0.4) is 0 Å². The van der Waals surface area contributed by atoms with Gasteiger partial charge in [0.2, 0.25) is 0 Å². The Kier molecular flexibility index (Phi) is 5.45. The molecule has 2 aliphatic heterocycles. The molecule has 3 heterocycles. The fraction of sp³-hybridized carbons (Fsp3) is 0.360. The van der Waals surface area contributed by atoms with Gasteiger partial charge in [-0.3, -0.25) is 14.6 Å². The van der Waals surface area contributed by atoms with Gasteiger partial charge < -0.3 is 15.4 Å². The SMILES string of the molecule is CCNCCCN1C(=O)N2[C@H](c3cccc(O)c3)c3[nH]c4ccc(Br)cc4c3C[C@@]2(C)C1=O. The van der Waals surface area contributed by atoms with Crippen molar-refractivity contribution in [3.05, 3.63) is 63.8 Å². The minimum atomic E-state index is -1.00. The molecule has 8 heteroatoms. The molecule has 172 valence electrons. The van der Waals surface area contributed by atoms with Crippen molar-refractivity contribution in [1.82, 2.24) is 20.1 Å². The molecule has 0 aliphatic carbocycles. The minimum absolute atomic E-state index is 0.126. The van der Waals surface area contributed by atoms with Gasteiger partial charge in [-0.2, -0.15) is 0 Å². The highest BCUT2D eigenvalue weighted by molar-refractivity contribution is 9.10. The Hall–Kier alpha value is -2.84. The predicted molar refractivity (Wildman–Crippen MR) is 130 cm³/mol. The van der Waals surface area contributed by atoms with E-state index in [0.29, 0.717) is 19.4 Å². The largest absolute Gasteiger partial charge is 0.508 e. The molecule has 0 saturated carbocycles. The Labute approximate surface area is 200 Å². The van der Waals surface area contributed by atoms with Crippen molar-refractivity contribution in [2.45, 2.75) is 38.3 Å². The summed E-state index contributed by atoms with van der Waals surface area (Å²) in [5.41, 5.74) is 2.65. The second-order valence-corrected chi connectivity index (χ2v) is 9.89. The topological polar surface area (TPSA) is 88.7 Å². The summed E-state index contributed by atoms with van der Waals surface area (Å²) in [5, 5.41) is 14.5. The number of H-pyrrole nitrogens is 1. The number of nitrogens with zero attached hydrogens (tertiary/aromatic N) is 2. The molecule has 1 saturated heterocycles. The number of benzene rings is 2. The molecule has 2 aromatic carbocycles. The number of nitrogens with one attached hydrogen (secondary N) is 2. The molecular weight excluding hydrogens is 484 g/mol. The van der Waals surface area contributed by atoms with Crippen LogP contribution in [-0.2, 0) is 11.2 Å². The van der Waals surface area contributed by atoms with Crippen molar-refractivity contribution >= 4 is 38.8 Å². The first-order valence-electron chi connectivity index (χ1n) is 11.3. The molecule has 7 nitrogen and oxygen atoms in total. The number of carbonyl (C=O) groups is 2. The first-order chi connectivity index (χ1) is 15.8. The third kappa shape index (κ3) is 3.43. The molecular formula is C25H27BrN4O3. The maximum atomic E-state index is 13.7. The van der Waals surface area contributed by atoms with Crippen LogP contribution in [0.4, 0.5) is 4.79 Å². The van der Waals surface area contributed by atoms with Gasteiger partial charge in [0.15, 0.2) is 0 Å². The second-order valence-electron chi connectivity index (χ2n) is 8.97. The summed E-state index contributed by atoms with van der Waals surface area (Å²) in [6.45, 7) is 5.88. The highest BCUT2D eigenvalue weighted by Gasteiger charge is 2.60. The molecule has 1 fully saturated rings. The fourth-order valence-corrected chi connectivity index (χ4v) is 5.62. The first kappa shape index (κ1) is 22.0. The highest BCUT2D eigenvalue weighted by atomic mass is 79.9. The van der Waals surface area contributed by atoms with Gasteiger partial charge in [0.1, 0.15) is 17.3 Å². The maximum absolute atomic E-state index is 13.7. The van der Waals surface area contributed by atoms with Gasteiger partial charge in [0.25, 0.3) is 5.91 Å². The number of amides is 3. The molecule has 2 atom stereocenters. The van der Waals surface area contributed by atoms with E-state index in [0.717, 1.165) is 45.3 Å². The molecule has 3 N–H and O–H groups in total. The van der Waals surface area contributed by atoms with E-state index in [4.69, 9.17) is 0 Å². The number of carbonyl (C=O) groups excluding carboxylic acids is 2. The number of phenolic OH excluding ortho intramolecular Hbond substituents is 1. The van der Waals surface area contributed by atoms with Crippen LogP contribution in [0, 0.1) is 0 Å². The van der Waals surface area contributed by atoms with Crippen LogP contribution in [0.1, 0.15) is 43.1 Å². The third-order valence-electron chi connectivity index (χ3n) is 6.80. The zero-order chi connectivity index (χ0) is 23.3. The van der Waals surface area contributed by atoms with Crippen molar-refractivity contribution in [2.75, 3.05) is 19.6 Å². The van der Waals surface area contributed by atoms with E-state index in [2.05, 4.69) is 32.3 Å². The summed E-state index contributed by atoms with van der Waals surface area (Å²) in [6.07, 6.45) is 1.13. The van der Waals surface area contributed by atoms with Gasteiger partial charge in [0.05, 0.1) is 0 Å². The van der Waals surface area contributed by atoms with E-state index in [1.165, 1.54) is 4.90 Å². The van der Waals surface area contributed by atoms with Gasteiger partial charge in [-0.1, -0.05) is 35.0 Å². The summed E-state index contributed by atoms with van der Waals surface area (Å²) in [5.74, 6) is -0.0372. The zero-order valence-electron chi connectivity index (χ0n) is 18.7. The summed E-state index contributed by atoms with van der Waals surface area (Å²) < 4.78 is 0.956. The van der Waals surface area contributed by atoms with Crippen LogP contribution in [0.2, 0.25) is 0 Å². The summed E-state index contributed by atoms with van der Waals surface area (Å²) in [6, 6.07) is 12.2. The number of imide groups is 1. The van der Waals surface area contributed by atoms with E-state index in [1.54, 1.807) is 23.1 Å². The lowest BCUT2D eigenvalue weighted by Crippen LogP contribution is -2.53. The number of aromatic nitrogens is 1. The highest BCUT2D eigenvalue weighted by Crippen LogP contribution is 2.49. The van der Waals surface area contributed by atoms with E-state index in [1.807, 2.05) is 32.0 Å². The van der Waals surface area contributed by atoms with Crippen molar-refractivity contribution in [1.29, 1.82) is 0 Å². The molecule has 3 amide bonds. The first-order valence-corrected chi connectivity index (χ1v) is 12.1. The standard InChI is InChI=1S/C25H27BrN4O3/c1-3-27-10-5-11-29-23(32)25(2)14-19-18-13-16(26)8-9-20(18)28-21(19)22(30(25)24(29)33)15-6-4-7-17(31)12-15/h4,6-9,12-13,22,27-28,31H,3,5,10-11,14H2,1-2H3/t22-,25+/m1/s1. The van der Waals surface area contributed by atoms with Gasteiger partial charge in [-0.15, -0.1) is 0 Å². The lowest BCUT2D eigenvalue weighted by atomic mass is 9.81. The molecule has 3 aromatic rings. The molecule has 0 spiro atoms. The van der Waals surface area contributed by atoms with Crippen molar-refractivity contribution in [3.8, 4) is 5.75 Å². The van der Waals surface area contributed by atoms with Crippen LogP contribution in [0.25, 0.3) is 10.9 Å². The number of hydrogen-bond acceptors (Lipinski definition) is 4. The Morgan fingerprint density at radius 3 is 2.82 bits per heavy atom. The van der Waals surface area contributed by atoms with E-state index in [9.17, 15) is 14.7 Å². The number of phenols is 1. The Balaban J connectivity index is 1.65. The molecule has 0 radical (unpaired) electrons. The lowest BCUT2D eigenvalue weighted by Gasteiger charge is -2.42. The fourth-order valence-electron chi connectivity index (χ4n) is 5.26. The van der Waals surface area contributed by atoms with Gasteiger partial charge in [-0.25, -0.2) is 4.79 Å². The molecule has 33 heavy (non-hydrogen) atoms. The average Bonchev–Trinajstić information content (AvgIpc) is 3.22. The van der Waals surface area contributed by atoms with Crippen molar-refractivity contribution in [3.63, 3.8) is 0 Å². The van der Waals surface area contributed by atoms with Crippen LogP contribution in [0.15, 0.2) is 46.9 Å². The number of urea groups is 1. The van der Waals surface area contributed by atoms with Crippen LogP contribution in [-0.4, -0.2) is 57.0 Å². The number of halogens is 1. The van der Waals surface area contributed by atoms with Crippen LogP contribution < -0.4 is 5.32 Å². The van der Waals surface area contributed by atoms with Crippen molar-refractivity contribution in [2.24, 2.45) is 0 Å². The van der Waals surface area contributed by atoms with Gasteiger partial charge in [-0.05, 0) is 67.9 Å². The maximum Gasteiger partial charge on any atom is 0.328 e. The molecule has 1 aromatic heterocycles. The van der Waals surface area contributed by atoms with Crippen LogP contribution in [0.5, 0.6) is 5.75 Å². The van der Waals surface area contributed by atoms with E-state index >= 15 is 0 Å². The van der Waals surface area contributed by atoms with Crippen LogP contribution >= 0.6 is 15.9 Å².